The predicted molar refractivity (Wildman–Crippen MR) is 88.8 cm³/mol. The number of Topliss-reactive ketones (excluding diaryl/α,β-unsaturated/α-hetero) is 1. The number of benzene rings is 2. The van der Waals surface area contributed by atoms with Crippen molar-refractivity contribution in [3.63, 3.8) is 0 Å². The van der Waals surface area contributed by atoms with Gasteiger partial charge < -0.3 is 9.47 Å². The van der Waals surface area contributed by atoms with Gasteiger partial charge in [-0.2, -0.15) is 13.2 Å². The molecule has 0 aromatic heterocycles. The van der Waals surface area contributed by atoms with E-state index in [1.165, 1.54) is 37.5 Å². The lowest BCUT2D eigenvalue weighted by Crippen LogP contribution is -2.12. The molecule has 0 aliphatic rings. The fourth-order valence-electron chi connectivity index (χ4n) is 2.03. The summed E-state index contributed by atoms with van der Waals surface area (Å²) in [7, 11) is 1.50. The van der Waals surface area contributed by atoms with Gasteiger partial charge in [-0.15, -0.1) is 0 Å². The van der Waals surface area contributed by atoms with Gasteiger partial charge in [0.2, 0.25) is 0 Å². The number of esters is 1. The summed E-state index contributed by atoms with van der Waals surface area (Å²) in [5, 5.41) is 0. The number of ketones is 1. The molecule has 0 unspecified atom stereocenters. The van der Waals surface area contributed by atoms with Crippen molar-refractivity contribution in [1.29, 1.82) is 0 Å². The average molecular weight is 364 g/mol. The minimum atomic E-state index is -4.46. The zero-order valence-electron chi connectivity index (χ0n) is 13.7. The van der Waals surface area contributed by atoms with Crippen molar-refractivity contribution in [2.45, 2.75) is 6.18 Å². The lowest BCUT2D eigenvalue weighted by Gasteiger charge is -2.06. The van der Waals surface area contributed by atoms with Crippen LogP contribution in [-0.2, 0) is 15.7 Å². The molecule has 7 heteroatoms. The fourth-order valence-corrected chi connectivity index (χ4v) is 2.03. The molecule has 136 valence electrons. The van der Waals surface area contributed by atoms with Crippen molar-refractivity contribution >= 4 is 17.8 Å². The first-order valence-electron chi connectivity index (χ1n) is 7.49. The number of alkyl halides is 3. The van der Waals surface area contributed by atoms with Crippen LogP contribution in [0.2, 0.25) is 0 Å². The van der Waals surface area contributed by atoms with Crippen LogP contribution in [-0.4, -0.2) is 25.5 Å². The molecule has 0 spiro atoms. The Kier molecular flexibility index (Phi) is 6.16. The molecule has 4 nitrogen and oxygen atoms in total. The summed E-state index contributed by atoms with van der Waals surface area (Å²) < 4.78 is 47.7. The fraction of sp³-hybridized carbons (Fsp3) is 0.158. The van der Waals surface area contributed by atoms with Crippen molar-refractivity contribution in [2.75, 3.05) is 13.7 Å². The molecule has 0 radical (unpaired) electrons. The summed E-state index contributed by atoms with van der Waals surface area (Å²) in [4.78, 5) is 23.5. The first kappa shape index (κ1) is 19.2. The quantitative estimate of drug-likeness (QED) is 0.439. The Labute approximate surface area is 147 Å². The number of ether oxygens (including phenoxy) is 2. The number of hydrogen-bond acceptors (Lipinski definition) is 4. The highest BCUT2D eigenvalue weighted by molar-refractivity contribution is 5.99. The van der Waals surface area contributed by atoms with Gasteiger partial charge in [0.25, 0.3) is 0 Å². The van der Waals surface area contributed by atoms with E-state index in [2.05, 4.69) is 0 Å². The number of carbonyl (C=O) groups excluding carboxylic acids is 2. The van der Waals surface area contributed by atoms with Crippen molar-refractivity contribution in [3.05, 3.63) is 71.3 Å². The van der Waals surface area contributed by atoms with E-state index in [0.717, 1.165) is 18.2 Å². The topological polar surface area (TPSA) is 52.6 Å². The maximum atomic E-state index is 12.6. The summed E-state index contributed by atoms with van der Waals surface area (Å²) in [5.41, 5.74) is -0.276. The second-order valence-corrected chi connectivity index (χ2v) is 5.22. The van der Waals surface area contributed by atoms with Crippen LogP contribution in [0.15, 0.2) is 54.6 Å². The number of halogens is 3. The average Bonchev–Trinajstić information content (AvgIpc) is 2.64. The van der Waals surface area contributed by atoms with Gasteiger partial charge in [0, 0.05) is 11.6 Å². The Balaban J connectivity index is 1.92. The normalized spacial score (nSPS) is 11.4. The highest BCUT2D eigenvalue weighted by atomic mass is 19.4. The smallest absolute Gasteiger partial charge is 0.416 e. The maximum Gasteiger partial charge on any atom is 0.416 e. The van der Waals surface area contributed by atoms with E-state index in [1.54, 1.807) is 12.1 Å². The van der Waals surface area contributed by atoms with Crippen molar-refractivity contribution in [1.82, 2.24) is 0 Å². The summed E-state index contributed by atoms with van der Waals surface area (Å²) in [6.45, 7) is -0.474. The molecular formula is C19H15F3O4. The minimum absolute atomic E-state index is 0.193. The van der Waals surface area contributed by atoms with Gasteiger partial charge in [0.1, 0.15) is 5.75 Å². The van der Waals surface area contributed by atoms with Crippen LogP contribution in [0.5, 0.6) is 5.75 Å². The second kappa shape index (κ2) is 8.33. The van der Waals surface area contributed by atoms with E-state index in [9.17, 15) is 22.8 Å². The first-order chi connectivity index (χ1) is 12.3. The lowest BCUT2D eigenvalue weighted by atomic mass is 10.1. The number of rotatable bonds is 6. The van der Waals surface area contributed by atoms with Gasteiger partial charge in [-0.25, -0.2) is 4.79 Å². The molecule has 0 amide bonds. The summed E-state index contributed by atoms with van der Waals surface area (Å²) in [6.07, 6.45) is -2.30. The van der Waals surface area contributed by atoms with Crippen LogP contribution >= 0.6 is 0 Å². The molecule has 0 fully saturated rings. The number of methoxy groups -OCH3 is 1. The summed E-state index contributed by atoms with van der Waals surface area (Å²) in [6, 6.07) is 10.8. The van der Waals surface area contributed by atoms with Crippen LogP contribution in [0.4, 0.5) is 13.2 Å². The van der Waals surface area contributed by atoms with E-state index in [0.29, 0.717) is 11.3 Å². The maximum absolute atomic E-state index is 12.6. The molecule has 2 rings (SSSR count). The van der Waals surface area contributed by atoms with Crippen LogP contribution in [0.25, 0.3) is 6.08 Å². The summed E-state index contributed by atoms with van der Waals surface area (Å²) in [5.74, 6) is -0.652. The molecule has 2 aromatic carbocycles. The van der Waals surface area contributed by atoms with Crippen molar-refractivity contribution in [2.24, 2.45) is 0 Å². The molecule has 0 aliphatic carbocycles. The zero-order chi connectivity index (χ0) is 19.2. The van der Waals surface area contributed by atoms with Crippen molar-refractivity contribution < 1.29 is 32.2 Å². The molecule has 2 aromatic rings. The first-order valence-corrected chi connectivity index (χ1v) is 7.49. The van der Waals surface area contributed by atoms with E-state index >= 15 is 0 Å². The van der Waals surface area contributed by atoms with Crippen LogP contribution in [0.1, 0.15) is 21.5 Å². The summed E-state index contributed by atoms with van der Waals surface area (Å²) >= 11 is 0. The standard InChI is InChI=1S/C19H15F3O4/c1-25-16-8-6-14(7-9-16)17(23)12-26-18(24)10-5-13-3-2-4-15(11-13)19(20,21)22/h2-11H,12H2,1H3/b10-5+. The van der Waals surface area contributed by atoms with Crippen molar-refractivity contribution in [3.8, 4) is 5.75 Å². The zero-order valence-corrected chi connectivity index (χ0v) is 13.7. The van der Waals surface area contributed by atoms with Gasteiger partial charge in [0.15, 0.2) is 12.4 Å². The van der Waals surface area contributed by atoms with Crippen LogP contribution in [0.3, 0.4) is 0 Å². The van der Waals surface area contributed by atoms with Gasteiger partial charge in [-0.05, 0) is 48.0 Å². The minimum Gasteiger partial charge on any atom is -0.497 e. The Hall–Kier alpha value is -3.09. The molecule has 26 heavy (non-hydrogen) atoms. The molecule has 0 atom stereocenters. The third-order valence-corrected chi connectivity index (χ3v) is 3.38. The third kappa shape index (κ3) is 5.47. The van der Waals surface area contributed by atoms with Gasteiger partial charge in [0.05, 0.1) is 12.7 Å². The molecule has 0 heterocycles. The Morgan fingerprint density at radius 2 is 1.77 bits per heavy atom. The lowest BCUT2D eigenvalue weighted by molar-refractivity contribution is -0.138. The monoisotopic (exact) mass is 364 g/mol. The molecule has 0 saturated heterocycles. The highest BCUT2D eigenvalue weighted by Crippen LogP contribution is 2.29. The van der Waals surface area contributed by atoms with Gasteiger partial charge >= 0.3 is 12.1 Å². The molecule has 0 bridgehead atoms. The van der Waals surface area contributed by atoms with E-state index in [4.69, 9.17) is 9.47 Å². The van der Waals surface area contributed by atoms with Crippen LogP contribution < -0.4 is 4.74 Å². The highest BCUT2D eigenvalue weighted by Gasteiger charge is 2.30. The predicted octanol–water partition coefficient (Wildman–Crippen LogP) is 4.15. The SMILES string of the molecule is COc1ccc(C(=O)COC(=O)/C=C/c2cccc(C(F)(F)F)c2)cc1. The Morgan fingerprint density at radius 1 is 1.08 bits per heavy atom. The van der Waals surface area contributed by atoms with Gasteiger partial charge in [-0.1, -0.05) is 12.1 Å². The molecular weight excluding hydrogens is 349 g/mol. The number of carbonyl (C=O) groups is 2. The largest absolute Gasteiger partial charge is 0.497 e. The molecule has 0 N–H and O–H groups in total. The Bertz CT molecular complexity index is 808. The third-order valence-electron chi connectivity index (χ3n) is 3.38. The molecule has 0 saturated carbocycles. The number of hydrogen-bond donors (Lipinski definition) is 0. The Morgan fingerprint density at radius 3 is 2.38 bits per heavy atom. The second-order valence-electron chi connectivity index (χ2n) is 5.22. The molecule has 0 aliphatic heterocycles. The van der Waals surface area contributed by atoms with Crippen LogP contribution in [0, 0.1) is 0 Å². The van der Waals surface area contributed by atoms with E-state index in [-0.39, 0.29) is 5.56 Å². The van der Waals surface area contributed by atoms with E-state index < -0.39 is 30.1 Å². The van der Waals surface area contributed by atoms with Gasteiger partial charge in [-0.3, -0.25) is 4.79 Å². The van der Waals surface area contributed by atoms with E-state index in [1.807, 2.05) is 0 Å².